The van der Waals surface area contributed by atoms with E-state index in [2.05, 4.69) is 73.8 Å². The molecule has 1 aliphatic rings. The second-order valence-electron chi connectivity index (χ2n) is 13.7. The molecule has 302 valence electrons. The zero-order chi connectivity index (χ0) is 38.8. The van der Waals surface area contributed by atoms with Crippen LogP contribution in [0.2, 0.25) is 0 Å². The van der Waals surface area contributed by atoms with Gasteiger partial charge in [-0.25, -0.2) is 0 Å². The lowest BCUT2D eigenvalue weighted by Crippen LogP contribution is -2.60. The zero-order valence-corrected chi connectivity index (χ0v) is 32.7. The molecule has 1 saturated heterocycles. The Balaban J connectivity index is 2.54. The van der Waals surface area contributed by atoms with Crippen LogP contribution in [0, 0.1) is 0 Å². The van der Waals surface area contributed by atoms with E-state index < -0.39 is 49.5 Å². The van der Waals surface area contributed by atoms with E-state index >= 15 is 0 Å². The van der Waals surface area contributed by atoms with Gasteiger partial charge in [-0.05, 0) is 57.8 Å². The van der Waals surface area contributed by atoms with E-state index in [1.165, 1.54) is 57.8 Å². The summed E-state index contributed by atoms with van der Waals surface area (Å²) in [5, 5.41) is 53.9. The van der Waals surface area contributed by atoms with Gasteiger partial charge in [-0.1, -0.05) is 150 Å². The van der Waals surface area contributed by atoms with Crippen LogP contribution in [0.3, 0.4) is 0 Å². The Morgan fingerprint density at radius 2 is 1.19 bits per heavy atom. The van der Waals surface area contributed by atoms with E-state index in [0.717, 1.165) is 44.9 Å². The van der Waals surface area contributed by atoms with Crippen molar-refractivity contribution in [3.8, 4) is 0 Å². The Kier molecular flexibility index (Phi) is 31.0. The highest BCUT2D eigenvalue weighted by Crippen LogP contribution is 2.22. The maximum absolute atomic E-state index is 12.8. The van der Waals surface area contributed by atoms with Crippen LogP contribution in [0.5, 0.6) is 0 Å². The molecule has 0 aliphatic carbocycles. The van der Waals surface area contributed by atoms with E-state index in [9.17, 15) is 30.3 Å². The molecule has 1 fully saturated rings. The fourth-order valence-electron chi connectivity index (χ4n) is 5.71. The predicted octanol–water partition coefficient (Wildman–Crippen LogP) is 7.60. The summed E-state index contributed by atoms with van der Waals surface area (Å²) in [6, 6.07) is -0.879. The number of ether oxygens (including phenoxy) is 2. The Labute approximate surface area is 321 Å². The Bertz CT molecular complexity index is 1090. The molecule has 9 nitrogen and oxygen atoms in total. The molecule has 1 rings (SSSR count). The summed E-state index contributed by atoms with van der Waals surface area (Å²) in [5.74, 6) is -0.319. The fraction of sp³-hybridized carbons (Fsp3) is 0.659. The third-order valence-electron chi connectivity index (χ3n) is 8.98. The molecular formula is C44H73NO8. The van der Waals surface area contributed by atoms with Gasteiger partial charge in [-0.2, -0.15) is 0 Å². The highest BCUT2D eigenvalue weighted by molar-refractivity contribution is 5.77. The SMILES string of the molecule is CC/C=C\C/C=C\C/C=C\C/C=C\C/C=C\CC(=O)NC(COC1OC(CO)C(O)C(O)C1O)C(O)/C=C/CC/C=C/CCCCCCCCCCC. The average Bonchev–Trinajstić information content (AvgIpc) is 3.16. The standard InChI is InChI=1S/C44H73NO8/c1-3-5-7-9-11-13-15-17-19-21-23-25-27-29-31-33-38(47)37(36-52-44-43(51)42(50)41(49)39(35-46)53-44)45-40(48)34-32-30-28-26-24-22-20-18-16-14-12-10-8-6-4-2/h6,8,12,14,18,20,23-26,30-33,37-39,41-44,46-47,49-51H,3-5,7,9-11,13,15-17,19,21-22,27-29,34-36H2,1-2H3,(H,45,48)/b8-6-,14-12-,20-18-,25-23+,26-24-,32-30-,33-31+. The van der Waals surface area contributed by atoms with Crippen molar-refractivity contribution in [2.75, 3.05) is 13.2 Å². The molecule has 1 heterocycles. The van der Waals surface area contributed by atoms with Crippen LogP contribution in [0.1, 0.15) is 129 Å². The van der Waals surface area contributed by atoms with E-state index in [4.69, 9.17) is 9.47 Å². The minimum Gasteiger partial charge on any atom is -0.394 e. The van der Waals surface area contributed by atoms with Crippen LogP contribution < -0.4 is 5.32 Å². The van der Waals surface area contributed by atoms with Crippen LogP contribution >= 0.6 is 0 Å². The molecular weight excluding hydrogens is 670 g/mol. The predicted molar refractivity (Wildman–Crippen MR) is 216 cm³/mol. The molecule has 0 saturated carbocycles. The van der Waals surface area contributed by atoms with E-state index in [1.54, 1.807) is 12.2 Å². The molecule has 7 unspecified atom stereocenters. The molecule has 0 spiro atoms. The van der Waals surface area contributed by atoms with Crippen molar-refractivity contribution in [2.45, 2.75) is 172 Å². The van der Waals surface area contributed by atoms with Crippen LogP contribution in [-0.2, 0) is 14.3 Å². The molecule has 0 aromatic rings. The van der Waals surface area contributed by atoms with Gasteiger partial charge in [-0.3, -0.25) is 4.79 Å². The maximum Gasteiger partial charge on any atom is 0.224 e. The monoisotopic (exact) mass is 744 g/mol. The van der Waals surface area contributed by atoms with Crippen molar-refractivity contribution < 1.29 is 39.8 Å². The summed E-state index contributed by atoms with van der Waals surface area (Å²) in [4.78, 5) is 12.8. The van der Waals surface area contributed by atoms with Gasteiger partial charge in [0.05, 0.1) is 25.4 Å². The van der Waals surface area contributed by atoms with Crippen LogP contribution in [0.4, 0.5) is 0 Å². The fourth-order valence-corrected chi connectivity index (χ4v) is 5.71. The van der Waals surface area contributed by atoms with Crippen molar-refractivity contribution in [3.63, 3.8) is 0 Å². The first kappa shape index (κ1) is 48.4. The number of aliphatic hydroxyl groups excluding tert-OH is 5. The lowest BCUT2D eigenvalue weighted by Gasteiger charge is -2.40. The largest absolute Gasteiger partial charge is 0.394 e. The Morgan fingerprint density at radius 3 is 1.77 bits per heavy atom. The lowest BCUT2D eigenvalue weighted by molar-refractivity contribution is -0.302. The van der Waals surface area contributed by atoms with Crippen LogP contribution in [-0.4, -0.2) is 87.5 Å². The number of amides is 1. The average molecular weight is 744 g/mol. The maximum atomic E-state index is 12.8. The topological polar surface area (TPSA) is 149 Å². The first-order valence-electron chi connectivity index (χ1n) is 20.3. The van der Waals surface area contributed by atoms with Crippen LogP contribution in [0.15, 0.2) is 85.1 Å². The van der Waals surface area contributed by atoms with Gasteiger partial charge in [0.1, 0.15) is 24.4 Å². The first-order valence-corrected chi connectivity index (χ1v) is 20.3. The van der Waals surface area contributed by atoms with Crippen molar-refractivity contribution in [2.24, 2.45) is 0 Å². The Hall–Kier alpha value is -2.63. The van der Waals surface area contributed by atoms with Gasteiger partial charge in [0.2, 0.25) is 5.91 Å². The van der Waals surface area contributed by atoms with Gasteiger partial charge in [0.15, 0.2) is 6.29 Å². The smallest absolute Gasteiger partial charge is 0.224 e. The van der Waals surface area contributed by atoms with Crippen molar-refractivity contribution >= 4 is 5.91 Å². The number of nitrogens with one attached hydrogen (secondary N) is 1. The summed E-state index contributed by atoms with van der Waals surface area (Å²) >= 11 is 0. The minimum absolute atomic E-state index is 0.101. The third kappa shape index (κ3) is 25.1. The molecule has 0 aromatic heterocycles. The summed E-state index contributed by atoms with van der Waals surface area (Å²) in [5.41, 5.74) is 0. The molecule has 1 amide bonds. The van der Waals surface area contributed by atoms with Gasteiger partial charge in [0, 0.05) is 6.42 Å². The van der Waals surface area contributed by atoms with Gasteiger partial charge in [0.25, 0.3) is 0 Å². The molecule has 0 bridgehead atoms. The molecule has 9 heteroatoms. The first-order chi connectivity index (χ1) is 25.8. The Morgan fingerprint density at radius 1 is 0.660 bits per heavy atom. The molecule has 53 heavy (non-hydrogen) atoms. The van der Waals surface area contributed by atoms with Crippen LogP contribution in [0.25, 0.3) is 0 Å². The second kappa shape index (κ2) is 33.9. The van der Waals surface area contributed by atoms with Crippen molar-refractivity contribution in [3.05, 3.63) is 85.1 Å². The number of hydrogen-bond acceptors (Lipinski definition) is 8. The highest BCUT2D eigenvalue weighted by atomic mass is 16.7. The number of aliphatic hydroxyl groups is 5. The van der Waals surface area contributed by atoms with Crippen molar-refractivity contribution in [1.29, 1.82) is 0 Å². The number of rotatable bonds is 31. The number of hydrogen-bond donors (Lipinski definition) is 6. The molecule has 7 atom stereocenters. The third-order valence-corrected chi connectivity index (χ3v) is 8.98. The highest BCUT2D eigenvalue weighted by Gasteiger charge is 2.44. The van der Waals surface area contributed by atoms with Gasteiger partial charge >= 0.3 is 0 Å². The quantitative estimate of drug-likeness (QED) is 0.0314. The van der Waals surface area contributed by atoms with Gasteiger partial charge < -0.3 is 40.3 Å². The summed E-state index contributed by atoms with van der Waals surface area (Å²) in [6.07, 6.45) is 39.4. The number of carbonyl (C=O) groups excluding carboxylic acids is 1. The normalized spacial score (nSPS) is 22.6. The summed E-state index contributed by atoms with van der Waals surface area (Å²) in [7, 11) is 0. The number of carbonyl (C=O) groups is 1. The molecule has 6 N–H and O–H groups in total. The summed E-state index contributed by atoms with van der Waals surface area (Å²) in [6.45, 7) is 3.54. The van der Waals surface area contributed by atoms with E-state index in [1.807, 2.05) is 18.2 Å². The van der Waals surface area contributed by atoms with Gasteiger partial charge in [-0.15, -0.1) is 0 Å². The lowest BCUT2D eigenvalue weighted by atomic mass is 9.99. The van der Waals surface area contributed by atoms with Crippen molar-refractivity contribution in [1.82, 2.24) is 5.32 Å². The van der Waals surface area contributed by atoms with E-state index in [0.29, 0.717) is 6.42 Å². The second-order valence-corrected chi connectivity index (χ2v) is 13.7. The molecule has 0 radical (unpaired) electrons. The summed E-state index contributed by atoms with van der Waals surface area (Å²) < 4.78 is 11.1. The zero-order valence-electron chi connectivity index (χ0n) is 32.7. The molecule has 1 aliphatic heterocycles. The number of allylic oxidation sites excluding steroid dienone is 12. The molecule has 0 aromatic carbocycles. The van der Waals surface area contributed by atoms with E-state index in [-0.39, 0.29) is 18.9 Å². The minimum atomic E-state index is -1.59. The number of unbranched alkanes of at least 4 members (excludes halogenated alkanes) is 10.